The largest absolute Gasteiger partial charge is 0.396 e. The quantitative estimate of drug-likeness (QED) is 0.529. The molecule has 37 valence electrons. The molecule has 1 nitrogen and oxygen atoms in total. The minimum Gasteiger partial charge on any atom is -0.396 e. The summed E-state index contributed by atoms with van der Waals surface area (Å²) in [6.45, 7) is 5.92. The molecule has 1 N–H and O–H groups in total. The van der Waals surface area contributed by atoms with E-state index >= 15 is 0 Å². The maximum Gasteiger partial charge on any atom is 0.0433 e. The maximum absolute atomic E-state index is 8.20. The van der Waals surface area contributed by atoms with E-state index in [0.29, 0.717) is 5.92 Å². The smallest absolute Gasteiger partial charge is 0.0433 e. The van der Waals surface area contributed by atoms with E-state index in [2.05, 4.69) is 6.92 Å². The molecular formula is C5H11O. The number of rotatable bonds is 2. The van der Waals surface area contributed by atoms with Crippen molar-refractivity contribution in [2.75, 3.05) is 6.61 Å². The second kappa shape index (κ2) is 3.16. The molecule has 0 fully saturated rings. The van der Waals surface area contributed by atoms with Gasteiger partial charge in [-0.05, 0) is 12.3 Å². The standard InChI is InChI=1S/C5H11O/c1-5(2)3-4-6/h5-6H,1,3-4H2,2H3. The zero-order valence-electron chi connectivity index (χ0n) is 4.15. The van der Waals surface area contributed by atoms with Crippen molar-refractivity contribution in [2.45, 2.75) is 13.3 Å². The van der Waals surface area contributed by atoms with E-state index in [9.17, 15) is 0 Å². The molecule has 0 heterocycles. The van der Waals surface area contributed by atoms with E-state index in [0.717, 1.165) is 6.42 Å². The fourth-order valence-corrected chi connectivity index (χ4v) is 0.220. The topological polar surface area (TPSA) is 20.2 Å². The van der Waals surface area contributed by atoms with Gasteiger partial charge in [0, 0.05) is 6.61 Å². The molecular weight excluding hydrogens is 76.1 g/mol. The zero-order chi connectivity index (χ0) is 4.99. The minimum atomic E-state index is 0.269. The third kappa shape index (κ3) is 3.96. The Morgan fingerprint density at radius 2 is 2.33 bits per heavy atom. The fourth-order valence-electron chi connectivity index (χ4n) is 0.220. The van der Waals surface area contributed by atoms with Crippen LogP contribution in [0, 0.1) is 12.8 Å². The van der Waals surface area contributed by atoms with Gasteiger partial charge in [0.1, 0.15) is 0 Å². The van der Waals surface area contributed by atoms with Gasteiger partial charge in [0.05, 0.1) is 0 Å². The predicted molar refractivity (Wildman–Crippen MR) is 26.2 cm³/mol. The summed E-state index contributed by atoms with van der Waals surface area (Å²) >= 11 is 0. The Morgan fingerprint density at radius 3 is 2.33 bits per heavy atom. The van der Waals surface area contributed by atoms with Gasteiger partial charge in [0.15, 0.2) is 0 Å². The molecule has 0 aromatic heterocycles. The second-order valence-corrected chi connectivity index (χ2v) is 1.62. The van der Waals surface area contributed by atoms with Crippen molar-refractivity contribution < 1.29 is 5.11 Å². The molecule has 0 aliphatic heterocycles. The van der Waals surface area contributed by atoms with Crippen LogP contribution in [0.15, 0.2) is 0 Å². The summed E-state index contributed by atoms with van der Waals surface area (Å²) in [7, 11) is 0. The lowest BCUT2D eigenvalue weighted by molar-refractivity contribution is 0.273. The summed E-state index contributed by atoms with van der Waals surface area (Å²) in [5.74, 6) is 0.398. The van der Waals surface area contributed by atoms with Crippen molar-refractivity contribution in [3.63, 3.8) is 0 Å². The number of aliphatic hydroxyl groups is 1. The first kappa shape index (κ1) is 5.96. The first-order valence-corrected chi connectivity index (χ1v) is 2.21. The number of hydrogen-bond donors (Lipinski definition) is 1. The van der Waals surface area contributed by atoms with Crippen LogP contribution in [0.25, 0.3) is 0 Å². The Bertz CT molecular complexity index is 25.1. The lowest BCUT2D eigenvalue weighted by atomic mass is 10.2. The van der Waals surface area contributed by atoms with Crippen molar-refractivity contribution in [3.05, 3.63) is 6.92 Å². The van der Waals surface area contributed by atoms with Crippen LogP contribution in [0.5, 0.6) is 0 Å². The average Bonchev–Trinajstić information content (AvgIpc) is 1.35. The van der Waals surface area contributed by atoms with Crippen LogP contribution < -0.4 is 0 Å². The molecule has 0 saturated heterocycles. The van der Waals surface area contributed by atoms with Crippen molar-refractivity contribution in [1.29, 1.82) is 0 Å². The Balaban J connectivity index is 2.63. The minimum absolute atomic E-state index is 0.269. The van der Waals surface area contributed by atoms with E-state index in [1.807, 2.05) is 6.92 Å². The van der Waals surface area contributed by atoms with E-state index in [-0.39, 0.29) is 6.61 Å². The van der Waals surface area contributed by atoms with E-state index in [4.69, 9.17) is 5.11 Å². The molecule has 0 spiro atoms. The molecule has 0 aliphatic carbocycles. The average molecular weight is 87.1 g/mol. The van der Waals surface area contributed by atoms with Gasteiger partial charge in [-0.3, -0.25) is 0 Å². The fraction of sp³-hybridized carbons (Fsp3) is 0.800. The highest BCUT2D eigenvalue weighted by molar-refractivity contribution is 4.50. The van der Waals surface area contributed by atoms with Gasteiger partial charge in [-0.1, -0.05) is 13.8 Å². The Labute approximate surface area is 39.0 Å². The Hall–Kier alpha value is -0.0400. The van der Waals surface area contributed by atoms with Crippen molar-refractivity contribution in [3.8, 4) is 0 Å². The van der Waals surface area contributed by atoms with Gasteiger partial charge in [0.2, 0.25) is 0 Å². The maximum atomic E-state index is 8.20. The van der Waals surface area contributed by atoms with Crippen LogP contribution in [0.4, 0.5) is 0 Å². The normalized spacial score (nSPS) is 10.0. The van der Waals surface area contributed by atoms with Crippen LogP contribution >= 0.6 is 0 Å². The Morgan fingerprint density at radius 1 is 1.83 bits per heavy atom. The van der Waals surface area contributed by atoms with Gasteiger partial charge in [-0.25, -0.2) is 0 Å². The molecule has 0 aromatic carbocycles. The molecule has 1 unspecified atom stereocenters. The summed E-state index contributed by atoms with van der Waals surface area (Å²) < 4.78 is 0. The van der Waals surface area contributed by atoms with Crippen LogP contribution in [-0.4, -0.2) is 11.7 Å². The number of aliphatic hydroxyl groups excluding tert-OH is 1. The summed E-state index contributed by atoms with van der Waals surface area (Å²) in [4.78, 5) is 0. The second-order valence-electron chi connectivity index (χ2n) is 1.62. The van der Waals surface area contributed by atoms with Crippen molar-refractivity contribution in [1.82, 2.24) is 0 Å². The SMILES string of the molecule is [CH2]C(C)CCO. The van der Waals surface area contributed by atoms with E-state index in [1.165, 1.54) is 0 Å². The predicted octanol–water partition coefficient (Wildman–Crippen LogP) is 0.839. The molecule has 0 saturated carbocycles. The van der Waals surface area contributed by atoms with E-state index in [1.54, 1.807) is 0 Å². The van der Waals surface area contributed by atoms with Crippen LogP contribution in [0.3, 0.4) is 0 Å². The molecule has 6 heavy (non-hydrogen) atoms. The lowest BCUT2D eigenvalue weighted by Crippen LogP contribution is -1.90. The van der Waals surface area contributed by atoms with Gasteiger partial charge >= 0.3 is 0 Å². The van der Waals surface area contributed by atoms with Gasteiger partial charge in [-0.15, -0.1) is 0 Å². The molecule has 0 aromatic rings. The molecule has 1 atom stereocenters. The summed E-state index contributed by atoms with van der Waals surface area (Å²) in [5, 5.41) is 8.20. The molecule has 0 rings (SSSR count). The van der Waals surface area contributed by atoms with Crippen molar-refractivity contribution in [2.24, 2.45) is 5.92 Å². The third-order valence-corrected chi connectivity index (χ3v) is 0.622. The summed E-state index contributed by atoms with van der Waals surface area (Å²) in [6.07, 6.45) is 0.819. The van der Waals surface area contributed by atoms with Crippen LogP contribution in [0.2, 0.25) is 0 Å². The first-order valence-electron chi connectivity index (χ1n) is 2.21. The monoisotopic (exact) mass is 87.1 g/mol. The van der Waals surface area contributed by atoms with Gasteiger partial charge < -0.3 is 5.11 Å². The highest BCUT2D eigenvalue weighted by Crippen LogP contribution is 1.94. The van der Waals surface area contributed by atoms with Crippen molar-refractivity contribution >= 4 is 0 Å². The third-order valence-electron chi connectivity index (χ3n) is 0.622. The highest BCUT2D eigenvalue weighted by atomic mass is 16.2. The number of hydrogen-bond acceptors (Lipinski definition) is 1. The molecule has 0 amide bonds. The highest BCUT2D eigenvalue weighted by Gasteiger charge is 1.86. The molecule has 0 bridgehead atoms. The van der Waals surface area contributed by atoms with E-state index < -0.39 is 0 Å². The van der Waals surface area contributed by atoms with Gasteiger partial charge in [0.25, 0.3) is 0 Å². The first-order chi connectivity index (χ1) is 2.77. The van der Waals surface area contributed by atoms with Crippen LogP contribution in [-0.2, 0) is 0 Å². The lowest BCUT2D eigenvalue weighted by Gasteiger charge is -1.95. The molecule has 1 heteroatoms. The molecule has 1 radical (unpaired) electrons. The summed E-state index contributed by atoms with van der Waals surface area (Å²) in [6, 6.07) is 0. The van der Waals surface area contributed by atoms with Crippen LogP contribution in [0.1, 0.15) is 13.3 Å². The Kier molecular flexibility index (Phi) is 3.14. The zero-order valence-corrected chi connectivity index (χ0v) is 4.15. The van der Waals surface area contributed by atoms with Gasteiger partial charge in [-0.2, -0.15) is 0 Å². The summed E-state index contributed by atoms with van der Waals surface area (Å²) in [5.41, 5.74) is 0. The molecule has 0 aliphatic rings.